The summed E-state index contributed by atoms with van der Waals surface area (Å²) < 4.78 is 0. The number of rotatable bonds is 5. The quantitative estimate of drug-likeness (QED) is 0.863. The van der Waals surface area contributed by atoms with Crippen molar-refractivity contribution in [3.05, 3.63) is 16.1 Å². The number of aryl methyl sites for hydroxylation is 1. The molecule has 1 aromatic rings. The van der Waals surface area contributed by atoms with Crippen molar-refractivity contribution in [3.8, 4) is 0 Å². The molecule has 1 heterocycles. The minimum absolute atomic E-state index is 0.725. The van der Waals surface area contributed by atoms with E-state index >= 15 is 0 Å². The largest absolute Gasteiger partial charge is 0.308 e. The molecule has 17 heavy (non-hydrogen) atoms. The molecule has 0 spiro atoms. The summed E-state index contributed by atoms with van der Waals surface area (Å²) in [6.45, 7) is 5.48. The van der Waals surface area contributed by atoms with Crippen LogP contribution in [0, 0.1) is 5.92 Å². The molecule has 0 aliphatic heterocycles. The van der Waals surface area contributed by atoms with E-state index in [9.17, 15) is 0 Å². The van der Waals surface area contributed by atoms with E-state index in [2.05, 4.69) is 24.1 Å². The fourth-order valence-corrected chi connectivity index (χ4v) is 3.49. The van der Waals surface area contributed by atoms with Crippen molar-refractivity contribution in [2.75, 3.05) is 0 Å². The standard InChI is InChI=1S/C14H24N2S/c1-3-11-6-5-7-12(8-11)15-10-14-16-9-13(4-2)17-14/h9,11-12,15H,3-8,10H2,1-2H3. The van der Waals surface area contributed by atoms with Crippen LogP contribution in [0.4, 0.5) is 0 Å². The molecule has 0 radical (unpaired) electrons. The number of thiazole rings is 1. The molecule has 1 aliphatic rings. The lowest BCUT2D eigenvalue weighted by molar-refractivity contribution is 0.278. The van der Waals surface area contributed by atoms with Crippen LogP contribution in [0.5, 0.6) is 0 Å². The van der Waals surface area contributed by atoms with Crippen LogP contribution >= 0.6 is 11.3 Å². The topological polar surface area (TPSA) is 24.9 Å². The summed E-state index contributed by atoms with van der Waals surface area (Å²) in [5.74, 6) is 0.948. The lowest BCUT2D eigenvalue weighted by atomic mass is 9.84. The first kappa shape index (κ1) is 13.0. The number of aromatic nitrogens is 1. The molecular formula is C14H24N2S. The van der Waals surface area contributed by atoms with E-state index in [0.29, 0.717) is 0 Å². The molecule has 0 saturated heterocycles. The zero-order valence-corrected chi connectivity index (χ0v) is 11.9. The molecule has 1 fully saturated rings. The van der Waals surface area contributed by atoms with Gasteiger partial charge in [0.05, 0.1) is 0 Å². The summed E-state index contributed by atoms with van der Waals surface area (Å²) >= 11 is 1.85. The summed E-state index contributed by atoms with van der Waals surface area (Å²) in [7, 11) is 0. The third-order valence-electron chi connectivity index (χ3n) is 3.85. The molecule has 0 amide bonds. The van der Waals surface area contributed by atoms with E-state index in [4.69, 9.17) is 0 Å². The second-order valence-electron chi connectivity index (χ2n) is 5.09. The van der Waals surface area contributed by atoms with Gasteiger partial charge < -0.3 is 5.32 Å². The van der Waals surface area contributed by atoms with Gasteiger partial charge in [0, 0.05) is 23.7 Å². The predicted molar refractivity (Wildman–Crippen MR) is 74.4 cm³/mol. The van der Waals surface area contributed by atoms with Crippen molar-refractivity contribution in [1.82, 2.24) is 10.3 Å². The van der Waals surface area contributed by atoms with Gasteiger partial charge >= 0.3 is 0 Å². The molecule has 2 rings (SSSR count). The summed E-state index contributed by atoms with van der Waals surface area (Å²) in [5.41, 5.74) is 0. The highest BCUT2D eigenvalue weighted by Crippen LogP contribution is 2.26. The fraction of sp³-hybridized carbons (Fsp3) is 0.786. The summed E-state index contributed by atoms with van der Waals surface area (Å²) in [4.78, 5) is 5.87. The van der Waals surface area contributed by atoms with Crippen LogP contribution in [0.3, 0.4) is 0 Å². The van der Waals surface area contributed by atoms with E-state index in [0.717, 1.165) is 24.9 Å². The Morgan fingerprint density at radius 3 is 3.00 bits per heavy atom. The van der Waals surface area contributed by atoms with Gasteiger partial charge in [-0.05, 0) is 25.2 Å². The molecule has 0 aromatic carbocycles. The van der Waals surface area contributed by atoms with Crippen molar-refractivity contribution < 1.29 is 0 Å². The van der Waals surface area contributed by atoms with Crippen molar-refractivity contribution in [1.29, 1.82) is 0 Å². The molecule has 2 nitrogen and oxygen atoms in total. The van der Waals surface area contributed by atoms with Gasteiger partial charge in [0.25, 0.3) is 0 Å². The second-order valence-corrected chi connectivity index (χ2v) is 6.29. The van der Waals surface area contributed by atoms with Gasteiger partial charge in [-0.1, -0.05) is 33.1 Å². The molecule has 1 aliphatic carbocycles. The molecule has 1 aromatic heterocycles. The summed E-state index contributed by atoms with van der Waals surface area (Å²) in [5, 5.41) is 4.94. The molecule has 2 unspecified atom stereocenters. The van der Waals surface area contributed by atoms with Gasteiger partial charge in [0.15, 0.2) is 0 Å². The maximum atomic E-state index is 4.47. The predicted octanol–water partition coefficient (Wildman–Crippen LogP) is 3.76. The number of nitrogens with zero attached hydrogens (tertiary/aromatic N) is 1. The minimum atomic E-state index is 0.725. The van der Waals surface area contributed by atoms with Crippen LogP contribution in [0.25, 0.3) is 0 Å². The molecule has 0 bridgehead atoms. The highest BCUT2D eigenvalue weighted by Gasteiger charge is 2.20. The average Bonchev–Trinajstić information content (AvgIpc) is 2.84. The van der Waals surface area contributed by atoms with Crippen molar-refractivity contribution in [2.24, 2.45) is 5.92 Å². The maximum Gasteiger partial charge on any atom is 0.107 e. The van der Waals surface area contributed by atoms with Gasteiger partial charge in [-0.15, -0.1) is 11.3 Å². The highest BCUT2D eigenvalue weighted by atomic mass is 32.1. The Morgan fingerprint density at radius 1 is 1.41 bits per heavy atom. The third kappa shape index (κ3) is 3.78. The van der Waals surface area contributed by atoms with Crippen molar-refractivity contribution in [2.45, 2.75) is 65.0 Å². The van der Waals surface area contributed by atoms with E-state index < -0.39 is 0 Å². The summed E-state index contributed by atoms with van der Waals surface area (Å²) in [6, 6.07) is 0.725. The summed E-state index contributed by atoms with van der Waals surface area (Å²) in [6.07, 6.45) is 10.0. The van der Waals surface area contributed by atoms with Gasteiger partial charge in [-0.3, -0.25) is 0 Å². The molecule has 2 atom stereocenters. The van der Waals surface area contributed by atoms with E-state index in [1.807, 2.05) is 17.5 Å². The van der Waals surface area contributed by atoms with Crippen LogP contribution in [0.15, 0.2) is 6.20 Å². The monoisotopic (exact) mass is 252 g/mol. The number of hydrogen-bond acceptors (Lipinski definition) is 3. The van der Waals surface area contributed by atoms with Gasteiger partial charge in [-0.2, -0.15) is 0 Å². The molecule has 96 valence electrons. The van der Waals surface area contributed by atoms with Crippen LogP contribution in [-0.4, -0.2) is 11.0 Å². The first-order chi connectivity index (χ1) is 8.31. The lowest BCUT2D eigenvalue weighted by Gasteiger charge is -2.28. The molecule has 1 saturated carbocycles. The average molecular weight is 252 g/mol. The number of hydrogen-bond donors (Lipinski definition) is 1. The zero-order chi connectivity index (χ0) is 12.1. The van der Waals surface area contributed by atoms with Crippen LogP contribution < -0.4 is 5.32 Å². The zero-order valence-electron chi connectivity index (χ0n) is 11.0. The Kier molecular flexibility index (Phi) is 4.99. The van der Waals surface area contributed by atoms with Crippen LogP contribution in [0.2, 0.25) is 0 Å². The van der Waals surface area contributed by atoms with Crippen LogP contribution in [0.1, 0.15) is 55.8 Å². The van der Waals surface area contributed by atoms with E-state index in [1.54, 1.807) is 0 Å². The first-order valence-corrected chi connectivity index (χ1v) is 7.80. The Labute approximate surface area is 109 Å². The Morgan fingerprint density at radius 2 is 2.29 bits per heavy atom. The second kappa shape index (κ2) is 6.50. The van der Waals surface area contributed by atoms with E-state index in [-0.39, 0.29) is 0 Å². The highest BCUT2D eigenvalue weighted by molar-refractivity contribution is 7.11. The Hall–Kier alpha value is -0.410. The molecular weight excluding hydrogens is 228 g/mol. The Bertz CT molecular complexity index is 335. The van der Waals surface area contributed by atoms with Crippen LogP contribution in [-0.2, 0) is 13.0 Å². The first-order valence-electron chi connectivity index (χ1n) is 6.98. The number of nitrogens with one attached hydrogen (secondary N) is 1. The normalized spacial score (nSPS) is 25.1. The van der Waals surface area contributed by atoms with E-state index in [1.165, 1.54) is 42.0 Å². The SMILES string of the molecule is CCc1cnc(CNC2CCCC(CC)C2)s1. The maximum absolute atomic E-state index is 4.47. The van der Waals surface area contributed by atoms with Gasteiger partial charge in [0.1, 0.15) is 5.01 Å². The molecule has 1 N–H and O–H groups in total. The minimum Gasteiger partial charge on any atom is -0.308 e. The molecule has 3 heteroatoms. The van der Waals surface area contributed by atoms with Gasteiger partial charge in [-0.25, -0.2) is 4.98 Å². The Balaban J connectivity index is 1.77. The fourth-order valence-electron chi connectivity index (χ4n) is 2.67. The van der Waals surface area contributed by atoms with Gasteiger partial charge in [0.2, 0.25) is 0 Å². The van der Waals surface area contributed by atoms with Crippen molar-refractivity contribution >= 4 is 11.3 Å². The third-order valence-corrected chi connectivity index (χ3v) is 4.99. The lowest BCUT2D eigenvalue weighted by Crippen LogP contribution is -2.33. The smallest absolute Gasteiger partial charge is 0.107 e. The van der Waals surface area contributed by atoms with Crippen molar-refractivity contribution in [3.63, 3.8) is 0 Å².